The summed E-state index contributed by atoms with van der Waals surface area (Å²) in [6.07, 6.45) is 5.30. The van der Waals surface area contributed by atoms with Crippen LogP contribution >= 0.6 is 0 Å². The largest absolute Gasteiger partial charge is 0.336 e. The van der Waals surface area contributed by atoms with Gasteiger partial charge in [0.05, 0.1) is 0 Å². The van der Waals surface area contributed by atoms with Gasteiger partial charge in [0.15, 0.2) is 0 Å². The second kappa shape index (κ2) is 8.61. The van der Waals surface area contributed by atoms with Crippen molar-refractivity contribution in [3.8, 4) is 0 Å². The van der Waals surface area contributed by atoms with E-state index >= 15 is 0 Å². The van der Waals surface area contributed by atoms with Crippen molar-refractivity contribution in [3.05, 3.63) is 30.3 Å². The standard InChI is InChI=1S/C22H34N4O/c1-17-7-10-25(11-8-17)15-19-16-26-12-9-18(19)13-21(26)14-23-22(27)24-20-5-3-2-4-6-20/h2-6,17-19,21H,7-16H2,1H3,(H2,23,24,27)/t18-,19-,21+/m0/s1. The number of rotatable bonds is 5. The molecular formula is C22H34N4O. The van der Waals surface area contributed by atoms with E-state index in [1.165, 1.54) is 58.4 Å². The van der Waals surface area contributed by atoms with Crippen molar-refractivity contribution in [1.29, 1.82) is 0 Å². The van der Waals surface area contributed by atoms with Crippen LogP contribution in [0.15, 0.2) is 30.3 Å². The van der Waals surface area contributed by atoms with Crippen molar-refractivity contribution in [2.45, 2.75) is 38.6 Å². The number of amides is 2. The second-order valence-electron chi connectivity index (χ2n) is 8.88. The molecule has 1 unspecified atom stereocenters. The number of anilines is 1. The highest BCUT2D eigenvalue weighted by atomic mass is 16.2. The quantitative estimate of drug-likeness (QED) is 0.836. The molecule has 2 bridgehead atoms. The molecule has 0 radical (unpaired) electrons. The lowest BCUT2D eigenvalue weighted by Gasteiger charge is -2.51. The molecule has 148 valence electrons. The fourth-order valence-electron chi connectivity index (χ4n) is 5.15. The van der Waals surface area contributed by atoms with Crippen molar-refractivity contribution in [2.75, 3.05) is 44.6 Å². The summed E-state index contributed by atoms with van der Waals surface area (Å²) in [6, 6.07) is 10.1. The van der Waals surface area contributed by atoms with Gasteiger partial charge in [0.2, 0.25) is 0 Å². The van der Waals surface area contributed by atoms with Crippen LogP contribution < -0.4 is 10.6 Å². The summed E-state index contributed by atoms with van der Waals surface area (Å²) < 4.78 is 0. The number of para-hydroxylation sites is 1. The van der Waals surface area contributed by atoms with E-state index in [0.29, 0.717) is 6.04 Å². The first-order valence-corrected chi connectivity index (χ1v) is 10.7. The molecule has 0 saturated carbocycles. The van der Waals surface area contributed by atoms with Crippen molar-refractivity contribution in [2.24, 2.45) is 17.8 Å². The van der Waals surface area contributed by atoms with Crippen molar-refractivity contribution in [1.82, 2.24) is 15.1 Å². The molecule has 27 heavy (non-hydrogen) atoms. The Morgan fingerprint density at radius 1 is 1.11 bits per heavy atom. The molecule has 1 aromatic rings. The molecule has 5 nitrogen and oxygen atoms in total. The Morgan fingerprint density at radius 2 is 1.89 bits per heavy atom. The van der Waals surface area contributed by atoms with Crippen LogP contribution in [0.1, 0.15) is 32.6 Å². The monoisotopic (exact) mass is 370 g/mol. The summed E-state index contributed by atoms with van der Waals surface area (Å²) in [6.45, 7) is 9.40. The summed E-state index contributed by atoms with van der Waals surface area (Å²) in [5, 5.41) is 6.00. The van der Waals surface area contributed by atoms with E-state index in [1.807, 2.05) is 30.3 Å². The molecule has 4 saturated heterocycles. The molecule has 0 aliphatic carbocycles. The van der Waals surface area contributed by atoms with Crippen LogP contribution in [0.25, 0.3) is 0 Å². The molecule has 4 fully saturated rings. The first-order chi connectivity index (χ1) is 13.2. The van der Waals surface area contributed by atoms with E-state index in [0.717, 1.165) is 30.0 Å². The number of carbonyl (C=O) groups is 1. The molecule has 5 rings (SSSR count). The maximum Gasteiger partial charge on any atom is 0.319 e. The Morgan fingerprint density at radius 3 is 2.59 bits per heavy atom. The van der Waals surface area contributed by atoms with Gasteiger partial charge in [-0.15, -0.1) is 0 Å². The Hall–Kier alpha value is -1.59. The fraction of sp³-hybridized carbons (Fsp3) is 0.682. The molecule has 0 spiro atoms. The molecule has 4 aliphatic heterocycles. The third-order valence-corrected chi connectivity index (χ3v) is 6.91. The number of carbonyl (C=O) groups excluding carboxylic acids is 1. The van der Waals surface area contributed by atoms with E-state index in [-0.39, 0.29) is 6.03 Å². The third kappa shape index (κ3) is 4.82. The summed E-state index contributed by atoms with van der Waals surface area (Å²) in [5.74, 6) is 2.56. The van der Waals surface area contributed by atoms with Crippen molar-refractivity contribution >= 4 is 11.7 Å². The number of nitrogens with one attached hydrogen (secondary N) is 2. The molecule has 1 aromatic carbocycles. The van der Waals surface area contributed by atoms with Gasteiger partial charge < -0.3 is 15.5 Å². The Balaban J connectivity index is 1.22. The highest BCUT2D eigenvalue weighted by Gasteiger charge is 2.40. The fourth-order valence-corrected chi connectivity index (χ4v) is 5.15. The van der Waals surface area contributed by atoms with E-state index in [9.17, 15) is 4.79 Å². The van der Waals surface area contributed by atoms with Gasteiger partial charge in [-0.05, 0) is 75.2 Å². The molecular weight excluding hydrogens is 336 g/mol. The van der Waals surface area contributed by atoms with Gasteiger partial charge in [-0.3, -0.25) is 4.90 Å². The normalized spacial score (nSPS) is 31.6. The van der Waals surface area contributed by atoms with Crippen LogP contribution in [0, 0.1) is 17.8 Å². The first-order valence-electron chi connectivity index (χ1n) is 10.7. The van der Waals surface area contributed by atoms with Gasteiger partial charge in [0, 0.05) is 31.4 Å². The van der Waals surface area contributed by atoms with Crippen LogP contribution in [0.4, 0.5) is 10.5 Å². The molecule has 4 heterocycles. The SMILES string of the molecule is CC1CCN(C[C@H]2CN3CC[C@H]2C[C@@H]3CNC(=O)Nc2ccccc2)CC1. The van der Waals surface area contributed by atoms with Gasteiger partial charge in [0.25, 0.3) is 0 Å². The number of hydrogen-bond donors (Lipinski definition) is 2. The summed E-state index contributed by atoms with van der Waals surface area (Å²) in [4.78, 5) is 17.5. The van der Waals surface area contributed by atoms with Crippen LogP contribution in [0.2, 0.25) is 0 Å². The number of nitrogens with zero attached hydrogens (tertiary/aromatic N) is 2. The number of urea groups is 1. The van der Waals surface area contributed by atoms with E-state index in [4.69, 9.17) is 0 Å². The van der Waals surface area contributed by atoms with Crippen LogP contribution in [-0.2, 0) is 0 Å². The number of piperidine rings is 4. The average molecular weight is 371 g/mol. The summed E-state index contributed by atoms with van der Waals surface area (Å²) >= 11 is 0. The van der Waals surface area contributed by atoms with Gasteiger partial charge >= 0.3 is 6.03 Å². The second-order valence-corrected chi connectivity index (χ2v) is 8.88. The van der Waals surface area contributed by atoms with Crippen LogP contribution in [0.3, 0.4) is 0 Å². The minimum absolute atomic E-state index is 0.0946. The smallest absolute Gasteiger partial charge is 0.319 e. The Kier molecular flexibility index (Phi) is 5.98. The molecule has 4 aliphatic rings. The zero-order valence-electron chi connectivity index (χ0n) is 16.6. The zero-order valence-corrected chi connectivity index (χ0v) is 16.6. The van der Waals surface area contributed by atoms with Crippen molar-refractivity contribution < 1.29 is 4.79 Å². The summed E-state index contributed by atoms with van der Waals surface area (Å²) in [7, 11) is 0. The number of fused-ring (bicyclic) bond motifs is 3. The minimum Gasteiger partial charge on any atom is -0.336 e. The van der Waals surface area contributed by atoms with E-state index in [2.05, 4.69) is 27.4 Å². The summed E-state index contributed by atoms with van der Waals surface area (Å²) in [5.41, 5.74) is 0.844. The highest BCUT2D eigenvalue weighted by Crippen LogP contribution is 2.37. The molecule has 2 amide bonds. The predicted octanol–water partition coefficient (Wildman–Crippen LogP) is 3.25. The van der Waals surface area contributed by atoms with E-state index < -0.39 is 0 Å². The van der Waals surface area contributed by atoms with E-state index in [1.54, 1.807) is 0 Å². The average Bonchev–Trinajstić information content (AvgIpc) is 2.70. The Labute approximate surface area is 163 Å². The zero-order chi connectivity index (χ0) is 18.6. The minimum atomic E-state index is -0.0946. The lowest BCUT2D eigenvalue weighted by Crippen LogP contribution is -2.58. The number of benzene rings is 1. The third-order valence-electron chi connectivity index (χ3n) is 6.91. The lowest BCUT2D eigenvalue weighted by atomic mass is 9.75. The van der Waals surface area contributed by atoms with Crippen LogP contribution in [-0.4, -0.2) is 61.1 Å². The van der Waals surface area contributed by atoms with Gasteiger partial charge in [-0.2, -0.15) is 0 Å². The highest BCUT2D eigenvalue weighted by molar-refractivity contribution is 5.89. The lowest BCUT2D eigenvalue weighted by molar-refractivity contribution is -0.0142. The first kappa shape index (κ1) is 18.8. The maximum atomic E-state index is 12.2. The topological polar surface area (TPSA) is 47.6 Å². The van der Waals surface area contributed by atoms with Crippen LogP contribution in [0.5, 0.6) is 0 Å². The van der Waals surface area contributed by atoms with Crippen molar-refractivity contribution in [3.63, 3.8) is 0 Å². The van der Waals surface area contributed by atoms with Gasteiger partial charge in [-0.25, -0.2) is 4.79 Å². The molecule has 0 aromatic heterocycles. The van der Waals surface area contributed by atoms with Gasteiger partial charge in [-0.1, -0.05) is 25.1 Å². The number of hydrogen-bond acceptors (Lipinski definition) is 3. The molecule has 5 heteroatoms. The number of likely N-dealkylation sites (tertiary alicyclic amines) is 1. The predicted molar refractivity (Wildman–Crippen MR) is 110 cm³/mol. The molecule has 4 atom stereocenters. The maximum absolute atomic E-state index is 12.2. The Bertz CT molecular complexity index is 614. The molecule has 2 N–H and O–H groups in total. The van der Waals surface area contributed by atoms with Gasteiger partial charge in [0.1, 0.15) is 0 Å².